The lowest BCUT2D eigenvalue weighted by atomic mass is 10.2. The van der Waals surface area contributed by atoms with Crippen molar-refractivity contribution in [1.29, 1.82) is 0 Å². The molecule has 0 bridgehead atoms. The number of imide groups is 1. The average molecular weight is 459 g/mol. The summed E-state index contributed by atoms with van der Waals surface area (Å²) in [5.41, 5.74) is 0.852. The minimum atomic E-state index is -0.544. The summed E-state index contributed by atoms with van der Waals surface area (Å²) in [7, 11) is 3.07. The third-order valence-electron chi connectivity index (χ3n) is 4.52. The summed E-state index contributed by atoms with van der Waals surface area (Å²) in [5, 5.41) is 3.45. The van der Waals surface area contributed by atoms with Gasteiger partial charge in [0.2, 0.25) is 11.8 Å². The van der Waals surface area contributed by atoms with Gasteiger partial charge in [-0.15, -0.1) is 0 Å². The Balaban J connectivity index is 1.94. The molecule has 2 aromatic carbocycles. The number of rotatable bonds is 7. The fraction of sp³-hybridized carbons (Fsp3) is 0.273. The molecule has 0 saturated carbocycles. The highest BCUT2D eigenvalue weighted by Gasteiger charge is 2.23. The van der Waals surface area contributed by atoms with E-state index < -0.39 is 11.9 Å². The summed E-state index contributed by atoms with van der Waals surface area (Å²) >= 11 is 6.39. The highest BCUT2D eigenvalue weighted by Crippen LogP contribution is 2.37. The molecule has 0 aliphatic rings. The maximum atomic E-state index is 12.4. The molecule has 1 heterocycles. The summed E-state index contributed by atoms with van der Waals surface area (Å²) in [4.78, 5) is 33.9. The van der Waals surface area contributed by atoms with Gasteiger partial charge in [-0.1, -0.05) is 18.5 Å². The molecular formula is C22H23ClN4O5. The number of carbonyl (C=O) groups excluding carboxylic acids is 2. The van der Waals surface area contributed by atoms with Gasteiger partial charge in [-0.3, -0.25) is 4.79 Å². The predicted octanol–water partition coefficient (Wildman–Crippen LogP) is 4.57. The molecule has 0 aliphatic heterocycles. The maximum absolute atomic E-state index is 12.4. The first-order chi connectivity index (χ1) is 15.4. The van der Waals surface area contributed by atoms with Gasteiger partial charge in [0.25, 0.3) is 0 Å². The molecule has 0 radical (unpaired) electrons. The molecule has 0 saturated heterocycles. The molecule has 9 nitrogen and oxygen atoms in total. The Morgan fingerprint density at radius 2 is 1.81 bits per heavy atom. The summed E-state index contributed by atoms with van der Waals surface area (Å²) in [5.74, 6) is 1.22. The number of nitrogens with zero attached hydrogens (tertiary/aromatic N) is 3. The van der Waals surface area contributed by atoms with E-state index in [1.165, 1.54) is 32.5 Å². The number of hydrogen-bond acceptors (Lipinski definition) is 7. The first-order valence-electron chi connectivity index (χ1n) is 9.82. The van der Waals surface area contributed by atoms with Gasteiger partial charge in [-0.25, -0.2) is 19.7 Å². The molecule has 3 aromatic rings. The Hall–Kier alpha value is -3.59. The third-order valence-corrected chi connectivity index (χ3v) is 4.83. The second-order valence-corrected chi connectivity index (χ2v) is 7.11. The number of carbonyl (C=O) groups is 2. The van der Waals surface area contributed by atoms with Gasteiger partial charge in [-0.2, -0.15) is 0 Å². The largest absolute Gasteiger partial charge is 0.493 e. The van der Waals surface area contributed by atoms with E-state index in [0.717, 1.165) is 11.3 Å². The van der Waals surface area contributed by atoms with Crippen molar-refractivity contribution in [2.45, 2.75) is 20.3 Å². The molecule has 10 heteroatoms. The Bertz CT molecular complexity index is 1150. The molecule has 3 rings (SSSR count). The minimum absolute atomic E-state index is 0.168. The molecule has 0 atom stereocenters. The van der Waals surface area contributed by atoms with Crippen LogP contribution in [0.4, 0.5) is 10.5 Å². The van der Waals surface area contributed by atoms with E-state index in [9.17, 15) is 9.59 Å². The fourth-order valence-electron chi connectivity index (χ4n) is 3.02. The van der Waals surface area contributed by atoms with Crippen LogP contribution in [0.5, 0.6) is 23.1 Å². The van der Waals surface area contributed by atoms with Crippen LogP contribution in [0.2, 0.25) is 5.02 Å². The highest BCUT2D eigenvalue weighted by atomic mass is 35.5. The van der Waals surface area contributed by atoms with Crippen LogP contribution in [0.1, 0.15) is 20.3 Å². The zero-order chi connectivity index (χ0) is 23.3. The molecule has 0 aliphatic carbocycles. The Labute approximate surface area is 190 Å². The third kappa shape index (κ3) is 4.83. The standard InChI is InChI=1S/C22H23ClN4O5/c1-5-8-24-22(29)27(13(2)28)18-7-6-14(9-16(18)23)32-21-15-10-19(30-3)20(31-4)11-17(15)25-12-26-21/h6-7,9-12H,5,8H2,1-4H3,(H,24,29). The van der Waals surface area contributed by atoms with E-state index in [2.05, 4.69) is 15.3 Å². The normalized spacial score (nSPS) is 10.5. The van der Waals surface area contributed by atoms with Gasteiger partial charge in [0.15, 0.2) is 11.5 Å². The SMILES string of the molecule is CCCNC(=O)N(C(C)=O)c1ccc(Oc2ncnc3cc(OC)c(OC)cc23)cc1Cl. The Morgan fingerprint density at radius 3 is 2.44 bits per heavy atom. The first-order valence-corrected chi connectivity index (χ1v) is 10.2. The molecule has 0 fully saturated rings. The van der Waals surface area contributed by atoms with Crippen molar-refractivity contribution < 1.29 is 23.8 Å². The molecule has 0 unspecified atom stereocenters. The van der Waals surface area contributed by atoms with Crippen LogP contribution in [0, 0.1) is 0 Å². The lowest BCUT2D eigenvalue weighted by Gasteiger charge is -2.21. The van der Waals surface area contributed by atoms with Crippen molar-refractivity contribution in [3.8, 4) is 23.1 Å². The molecule has 0 spiro atoms. The van der Waals surface area contributed by atoms with Crippen molar-refractivity contribution >= 4 is 40.1 Å². The van der Waals surface area contributed by atoms with E-state index in [-0.39, 0.29) is 16.6 Å². The quantitative estimate of drug-likeness (QED) is 0.553. The Morgan fingerprint density at radius 1 is 1.09 bits per heavy atom. The summed E-state index contributed by atoms with van der Waals surface area (Å²) in [6, 6.07) is 7.54. The van der Waals surface area contributed by atoms with Crippen LogP contribution in [0.3, 0.4) is 0 Å². The van der Waals surface area contributed by atoms with Crippen LogP contribution in [-0.2, 0) is 4.79 Å². The van der Waals surface area contributed by atoms with E-state index in [0.29, 0.717) is 34.7 Å². The lowest BCUT2D eigenvalue weighted by molar-refractivity contribution is -0.115. The van der Waals surface area contributed by atoms with Crippen LogP contribution >= 0.6 is 11.6 Å². The average Bonchev–Trinajstić information content (AvgIpc) is 2.78. The number of halogens is 1. The van der Waals surface area contributed by atoms with E-state index in [1.807, 2.05) is 6.92 Å². The number of fused-ring (bicyclic) bond motifs is 1. The van der Waals surface area contributed by atoms with Crippen molar-refractivity contribution in [2.24, 2.45) is 0 Å². The number of nitrogens with one attached hydrogen (secondary N) is 1. The van der Waals surface area contributed by atoms with Gasteiger partial charge >= 0.3 is 6.03 Å². The van der Waals surface area contributed by atoms with Crippen molar-refractivity contribution in [3.05, 3.63) is 41.7 Å². The molecule has 32 heavy (non-hydrogen) atoms. The van der Waals surface area contributed by atoms with E-state index in [4.69, 9.17) is 25.8 Å². The second kappa shape index (κ2) is 10.1. The topological polar surface area (TPSA) is 103 Å². The van der Waals surface area contributed by atoms with Gasteiger partial charge in [0, 0.05) is 25.6 Å². The summed E-state index contributed by atoms with van der Waals surface area (Å²) in [6.45, 7) is 3.65. The van der Waals surface area contributed by atoms with Gasteiger partial charge in [-0.05, 0) is 24.6 Å². The van der Waals surface area contributed by atoms with Gasteiger partial charge < -0.3 is 19.5 Å². The van der Waals surface area contributed by atoms with Crippen LogP contribution in [-0.4, -0.2) is 42.7 Å². The zero-order valence-corrected chi connectivity index (χ0v) is 18.9. The first kappa shape index (κ1) is 23.1. The summed E-state index contributed by atoms with van der Waals surface area (Å²) < 4.78 is 16.6. The number of aromatic nitrogens is 2. The van der Waals surface area contributed by atoms with Crippen LogP contribution in [0.15, 0.2) is 36.7 Å². The number of amides is 3. The molecular weight excluding hydrogens is 436 g/mol. The molecule has 1 aromatic heterocycles. The smallest absolute Gasteiger partial charge is 0.328 e. The van der Waals surface area contributed by atoms with Crippen molar-refractivity contribution in [3.63, 3.8) is 0 Å². The van der Waals surface area contributed by atoms with Crippen molar-refractivity contribution in [1.82, 2.24) is 15.3 Å². The molecule has 3 amide bonds. The van der Waals surface area contributed by atoms with Crippen LogP contribution in [0.25, 0.3) is 10.9 Å². The number of benzene rings is 2. The van der Waals surface area contributed by atoms with Gasteiger partial charge in [0.1, 0.15) is 12.1 Å². The number of urea groups is 1. The zero-order valence-electron chi connectivity index (χ0n) is 18.1. The second-order valence-electron chi connectivity index (χ2n) is 6.70. The van der Waals surface area contributed by atoms with E-state index in [1.54, 1.807) is 25.3 Å². The highest BCUT2D eigenvalue weighted by molar-refractivity contribution is 6.35. The molecule has 168 valence electrons. The van der Waals surface area contributed by atoms with Gasteiger partial charge in [0.05, 0.1) is 35.8 Å². The number of ether oxygens (including phenoxy) is 3. The number of hydrogen-bond donors (Lipinski definition) is 1. The lowest BCUT2D eigenvalue weighted by Crippen LogP contribution is -2.43. The summed E-state index contributed by atoms with van der Waals surface area (Å²) in [6.07, 6.45) is 2.11. The minimum Gasteiger partial charge on any atom is -0.493 e. The van der Waals surface area contributed by atoms with Crippen molar-refractivity contribution in [2.75, 3.05) is 25.7 Å². The number of methoxy groups -OCH3 is 2. The van der Waals surface area contributed by atoms with E-state index >= 15 is 0 Å². The fourth-order valence-corrected chi connectivity index (χ4v) is 3.27. The maximum Gasteiger partial charge on any atom is 0.328 e. The monoisotopic (exact) mass is 458 g/mol. The van der Waals surface area contributed by atoms with Crippen LogP contribution < -0.4 is 24.4 Å². The number of anilines is 1. The predicted molar refractivity (Wildman–Crippen MR) is 121 cm³/mol. The Kier molecular flexibility index (Phi) is 7.32. The molecule has 1 N–H and O–H groups in total.